The van der Waals surface area contributed by atoms with Gasteiger partial charge in [-0.2, -0.15) is 0 Å². The molecule has 1 aromatic carbocycles. The van der Waals surface area contributed by atoms with Crippen molar-refractivity contribution in [1.82, 2.24) is 4.90 Å². The van der Waals surface area contributed by atoms with Crippen molar-refractivity contribution < 1.29 is 9.59 Å². The molecule has 0 spiro atoms. The van der Waals surface area contributed by atoms with Crippen LogP contribution < -0.4 is 5.32 Å². The SMILES string of the molecule is CCCN(CC(=O)Nc1c(C(C)C)cccc1C(C)C)C(C)=O. The van der Waals surface area contributed by atoms with Gasteiger partial charge in [0.1, 0.15) is 0 Å². The first-order valence-electron chi connectivity index (χ1n) is 8.46. The Morgan fingerprint density at radius 3 is 2.00 bits per heavy atom. The van der Waals surface area contributed by atoms with Crippen molar-refractivity contribution >= 4 is 17.5 Å². The zero-order chi connectivity index (χ0) is 17.6. The van der Waals surface area contributed by atoms with E-state index in [-0.39, 0.29) is 18.4 Å². The van der Waals surface area contributed by atoms with Gasteiger partial charge in [0.15, 0.2) is 0 Å². The molecule has 0 bridgehead atoms. The van der Waals surface area contributed by atoms with E-state index < -0.39 is 0 Å². The van der Waals surface area contributed by atoms with Gasteiger partial charge in [-0.25, -0.2) is 0 Å². The van der Waals surface area contributed by atoms with E-state index >= 15 is 0 Å². The molecule has 0 atom stereocenters. The normalized spacial score (nSPS) is 11.0. The summed E-state index contributed by atoms with van der Waals surface area (Å²) in [6, 6.07) is 6.15. The highest BCUT2D eigenvalue weighted by Gasteiger charge is 2.18. The fraction of sp³-hybridized carbons (Fsp3) is 0.579. The standard InChI is InChI=1S/C19H30N2O2/c1-7-11-21(15(6)22)12-18(23)20-19-16(13(2)3)9-8-10-17(19)14(4)5/h8-10,13-14H,7,11-12H2,1-6H3,(H,20,23). The summed E-state index contributed by atoms with van der Waals surface area (Å²) in [7, 11) is 0. The number of hydrogen-bond donors (Lipinski definition) is 1. The summed E-state index contributed by atoms with van der Waals surface area (Å²) in [6.07, 6.45) is 0.840. The molecule has 1 rings (SSSR count). The van der Waals surface area contributed by atoms with E-state index in [1.807, 2.05) is 13.0 Å². The lowest BCUT2D eigenvalue weighted by molar-refractivity contribution is -0.132. The summed E-state index contributed by atoms with van der Waals surface area (Å²) in [4.78, 5) is 25.7. The average Bonchev–Trinajstić information content (AvgIpc) is 2.46. The van der Waals surface area contributed by atoms with Crippen molar-refractivity contribution in [3.8, 4) is 0 Å². The van der Waals surface area contributed by atoms with Gasteiger partial charge < -0.3 is 10.2 Å². The maximum atomic E-state index is 12.4. The molecule has 4 heteroatoms. The number of nitrogens with one attached hydrogen (secondary N) is 1. The minimum absolute atomic E-state index is 0.0665. The molecule has 1 aromatic rings. The molecule has 23 heavy (non-hydrogen) atoms. The third kappa shape index (κ3) is 5.38. The summed E-state index contributed by atoms with van der Waals surface area (Å²) in [5.74, 6) is 0.444. The van der Waals surface area contributed by atoms with Crippen molar-refractivity contribution in [2.24, 2.45) is 0 Å². The first kappa shape index (κ1) is 19.2. The zero-order valence-electron chi connectivity index (χ0n) is 15.3. The Kier molecular flexibility index (Phi) is 7.27. The first-order chi connectivity index (χ1) is 10.8. The van der Waals surface area contributed by atoms with Crippen LogP contribution in [0.3, 0.4) is 0 Å². The van der Waals surface area contributed by atoms with Crippen molar-refractivity contribution in [2.45, 2.75) is 59.8 Å². The number of rotatable bonds is 7. The third-order valence-corrected chi connectivity index (χ3v) is 3.91. The van der Waals surface area contributed by atoms with Crippen molar-refractivity contribution in [3.05, 3.63) is 29.3 Å². The van der Waals surface area contributed by atoms with Crippen LogP contribution in [0.25, 0.3) is 0 Å². The van der Waals surface area contributed by atoms with Gasteiger partial charge in [-0.05, 0) is 29.4 Å². The lowest BCUT2D eigenvalue weighted by Gasteiger charge is -2.23. The molecule has 0 heterocycles. The van der Waals surface area contributed by atoms with Crippen LogP contribution in [0.4, 0.5) is 5.69 Å². The molecule has 128 valence electrons. The van der Waals surface area contributed by atoms with Gasteiger partial charge in [-0.15, -0.1) is 0 Å². The summed E-state index contributed by atoms with van der Waals surface area (Å²) < 4.78 is 0. The fourth-order valence-corrected chi connectivity index (χ4v) is 2.67. The molecular weight excluding hydrogens is 288 g/mol. The zero-order valence-corrected chi connectivity index (χ0v) is 15.3. The molecule has 0 fully saturated rings. The molecule has 0 aliphatic carbocycles. The Labute approximate surface area is 140 Å². The Hall–Kier alpha value is -1.84. The first-order valence-corrected chi connectivity index (χ1v) is 8.46. The number of para-hydroxylation sites is 1. The van der Waals surface area contributed by atoms with Gasteiger partial charge in [-0.1, -0.05) is 52.8 Å². The molecule has 0 aliphatic rings. The molecule has 1 N–H and O–H groups in total. The number of benzene rings is 1. The van der Waals surface area contributed by atoms with E-state index in [0.717, 1.165) is 23.2 Å². The maximum Gasteiger partial charge on any atom is 0.244 e. The van der Waals surface area contributed by atoms with E-state index in [0.29, 0.717) is 18.4 Å². The quantitative estimate of drug-likeness (QED) is 0.821. The number of amides is 2. The van der Waals surface area contributed by atoms with E-state index in [9.17, 15) is 9.59 Å². The third-order valence-electron chi connectivity index (χ3n) is 3.91. The second-order valence-electron chi connectivity index (χ2n) is 6.61. The Balaban J connectivity index is 3.02. The van der Waals surface area contributed by atoms with E-state index in [1.165, 1.54) is 6.92 Å². The molecule has 0 aliphatic heterocycles. The molecule has 4 nitrogen and oxygen atoms in total. The van der Waals surface area contributed by atoms with E-state index in [4.69, 9.17) is 0 Å². The summed E-state index contributed by atoms with van der Waals surface area (Å²) in [6.45, 7) is 12.7. The average molecular weight is 318 g/mol. The van der Waals surface area contributed by atoms with Gasteiger partial charge >= 0.3 is 0 Å². The number of nitrogens with zero attached hydrogens (tertiary/aromatic N) is 1. The maximum absolute atomic E-state index is 12.4. The second kappa shape index (κ2) is 8.70. The van der Waals surface area contributed by atoms with Crippen LogP contribution in [0, 0.1) is 0 Å². The highest BCUT2D eigenvalue weighted by atomic mass is 16.2. The van der Waals surface area contributed by atoms with Crippen LogP contribution in [0.5, 0.6) is 0 Å². The number of carbonyl (C=O) groups excluding carboxylic acids is 2. The van der Waals surface area contributed by atoms with Gasteiger partial charge in [0, 0.05) is 19.2 Å². The van der Waals surface area contributed by atoms with Crippen LogP contribution in [-0.2, 0) is 9.59 Å². The Bertz CT molecular complexity index is 524. The predicted molar refractivity (Wildman–Crippen MR) is 95.8 cm³/mol. The van der Waals surface area contributed by atoms with Crippen molar-refractivity contribution in [2.75, 3.05) is 18.4 Å². The largest absolute Gasteiger partial charge is 0.334 e. The smallest absolute Gasteiger partial charge is 0.244 e. The molecule has 2 amide bonds. The molecule has 0 radical (unpaired) electrons. The summed E-state index contributed by atoms with van der Waals surface area (Å²) in [5, 5.41) is 3.05. The fourth-order valence-electron chi connectivity index (χ4n) is 2.67. The van der Waals surface area contributed by atoms with E-state index in [1.54, 1.807) is 4.90 Å². The number of anilines is 1. The monoisotopic (exact) mass is 318 g/mol. The lowest BCUT2D eigenvalue weighted by atomic mass is 9.92. The number of carbonyl (C=O) groups is 2. The predicted octanol–water partition coefficient (Wildman–Crippen LogP) is 4.13. The van der Waals surface area contributed by atoms with Crippen LogP contribution in [-0.4, -0.2) is 29.8 Å². The molecule has 0 saturated heterocycles. The second-order valence-corrected chi connectivity index (χ2v) is 6.61. The van der Waals surface area contributed by atoms with Gasteiger partial charge in [-0.3, -0.25) is 9.59 Å². The molecule has 0 saturated carbocycles. The van der Waals surface area contributed by atoms with Gasteiger partial charge in [0.2, 0.25) is 11.8 Å². The van der Waals surface area contributed by atoms with Crippen molar-refractivity contribution in [3.63, 3.8) is 0 Å². The highest BCUT2D eigenvalue weighted by Crippen LogP contribution is 2.32. The Morgan fingerprint density at radius 1 is 1.09 bits per heavy atom. The molecule has 0 unspecified atom stereocenters. The van der Waals surface area contributed by atoms with Crippen molar-refractivity contribution in [1.29, 1.82) is 0 Å². The minimum Gasteiger partial charge on any atom is -0.334 e. The topological polar surface area (TPSA) is 49.4 Å². The molecule has 0 aromatic heterocycles. The van der Waals surface area contributed by atoms with Crippen LogP contribution in [0.2, 0.25) is 0 Å². The van der Waals surface area contributed by atoms with Crippen LogP contribution >= 0.6 is 0 Å². The lowest BCUT2D eigenvalue weighted by Crippen LogP contribution is -2.37. The van der Waals surface area contributed by atoms with Gasteiger partial charge in [0.25, 0.3) is 0 Å². The van der Waals surface area contributed by atoms with E-state index in [2.05, 4.69) is 45.1 Å². The summed E-state index contributed by atoms with van der Waals surface area (Å²) in [5.41, 5.74) is 3.17. The van der Waals surface area contributed by atoms with Gasteiger partial charge in [0.05, 0.1) is 6.54 Å². The van der Waals surface area contributed by atoms with Crippen LogP contribution in [0.1, 0.15) is 70.9 Å². The van der Waals surface area contributed by atoms with Crippen LogP contribution in [0.15, 0.2) is 18.2 Å². The molecular formula is C19H30N2O2. The minimum atomic E-state index is -0.136. The number of hydrogen-bond acceptors (Lipinski definition) is 2. The highest BCUT2D eigenvalue weighted by molar-refractivity contribution is 5.95. The summed E-state index contributed by atoms with van der Waals surface area (Å²) >= 11 is 0. The Morgan fingerprint density at radius 2 is 1.61 bits per heavy atom.